The first-order chi connectivity index (χ1) is 6.72. The van der Waals surface area contributed by atoms with E-state index < -0.39 is 0 Å². The highest BCUT2D eigenvalue weighted by Gasteiger charge is 2.36. The van der Waals surface area contributed by atoms with Crippen molar-refractivity contribution in [1.82, 2.24) is 0 Å². The monoisotopic (exact) mass is 195 g/mol. The van der Waals surface area contributed by atoms with E-state index in [2.05, 4.69) is 13.0 Å². The molecule has 0 radical (unpaired) electrons. The van der Waals surface area contributed by atoms with Crippen molar-refractivity contribution in [3.05, 3.63) is 0 Å². The van der Waals surface area contributed by atoms with Crippen molar-refractivity contribution >= 4 is 0 Å². The summed E-state index contributed by atoms with van der Waals surface area (Å²) in [5, 5.41) is 9.20. The zero-order chi connectivity index (χ0) is 10.4. The minimum Gasteiger partial charge on any atom is -0.382 e. The standard InChI is InChI=1S/C12H21NO/c1-3-14-8-4-6-12(10-13)7-5-11(2)9-12/h11H,3-9H2,1-2H3. The Morgan fingerprint density at radius 3 is 2.86 bits per heavy atom. The van der Waals surface area contributed by atoms with E-state index in [1.165, 1.54) is 6.42 Å². The molecule has 1 fully saturated rings. The van der Waals surface area contributed by atoms with Gasteiger partial charge in [-0.1, -0.05) is 6.92 Å². The molecule has 0 spiro atoms. The summed E-state index contributed by atoms with van der Waals surface area (Å²) in [4.78, 5) is 0. The fraction of sp³-hybridized carbons (Fsp3) is 0.917. The van der Waals surface area contributed by atoms with Crippen molar-refractivity contribution in [1.29, 1.82) is 5.26 Å². The van der Waals surface area contributed by atoms with Crippen LogP contribution >= 0.6 is 0 Å². The third-order valence-corrected chi connectivity index (χ3v) is 3.24. The number of rotatable bonds is 5. The topological polar surface area (TPSA) is 33.0 Å². The van der Waals surface area contributed by atoms with Crippen LogP contribution < -0.4 is 0 Å². The van der Waals surface area contributed by atoms with Gasteiger partial charge < -0.3 is 4.74 Å². The molecule has 80 valence electrons. The number of ether oxygens (including phenoxy) is 1. The first kappa shape index (κ1) is 11.5. The lowest BCUT2D eigenvalue weighted by atomic mass is 9.82. The van der Waals surface area contributed by atoms with E-state index in [1.54, 1.807) is 0 Å². The molecule has 0 bridgehead atoms. The molecule has 1 aliphatic carbocycles. The van der Waals surface area contributed by atoms with Crippen molar-refractivity contribution in [3.63, 3.8) is 0 Å². The van der Waals surface area contributed by atoms with Gasteiger partial charge in [0.05, 0.1) is 11.5 Å². The third-order valence-electron chi connectivity index (χ3n) is 3.24. The van der Waals surface area contributed by atoms with Crippen molar-refractivity contribution in [2.75, 3.05) is 13.2 Å². The smallest absolute Gasteiger partial charge is 0.0689 e. The molecule has 1 aliphatic rings. The summed E-state index contributed by atoms with van der Waals surface area (Å²) in [6.45, 7) is 5.86. The van der Waals surface area contributed by atoms with Crippen molar-refractivity contribution in [2.45, 2.75) is 46.0 Å². The van der Waals surface area contributed by atoms with Gasteiger partial charge in [-0.2, -0.15) is 5.26 Å². The molecule has 0 aromatic carbocycles. The lowest BCUT2D eigenvalue weighted by Crippen LogP contribution is -2.15. The summed E-state index contributed by atoms with van der Waals surface area (Å²) in [6.07, 6.45) is 5.47. The first-order valence-corrected chi connectivity index (χ1v) is 5.71. The Bertz CT molecular complexity index is 209. The molecule has 14 heavy (non-hydrogen) atoms. The third kappa shape index (κ3) is 2.99. The highest BCUT2D eigenvalue weighted by Crippen LogP contribution is 2.44. The zero-order valence-electron chi connectivity index (χ0n) is 9.38. The second-order valence-electron chi connectivity index (χ2n) is 4.54. The predicted octanol–water partition coefficient (Wildman–Crippen LogP) is 3.13. The Balaban J connectivity index is 2.29. The molecule has 0 saturated heterocycles. The number of hydrogen-bond donors (Lipinski definition) is 0. The van der Waals surface area contributed by atoms with Crippen LogP contribution in [0.25, 0.3) is 0 Å². The van der Waals surface area contributed by atoms with Crippen LogP contribution in [-0.2, 0) is 4.74 Å². The van der Waals surface area contributed by atoms with E-state index in [0.717, 1.165) is 44.8 Å². The first-order valence-electron chi connectivity index (χ1n) is 5.71. The fourth-order valence-electron chi connectivity index (χ4n) is 2.44. The lowest BCUT2D eigenvalue weighted by Gasteiger charge is -2.20. The molecule has 2 heteroatoms. The minimum atomic E-state index is -0.0173. The molecule has 0 N–H and O–H groups in total. The van der Waals surface area contributed by atoms with E-state index in [1.807, 2.05) is 6.92 Å². The van der Waals surface area contributed by atoms with Gasteiger partial charge in [0.25, 0.3) is 0 Å². The van der Waals surface area contributed by atoms with Crippen LogP contribution in [0.5, 0.6) is 0 Å². The van der Waals surface area contributed by atoms with Gasteiger partial charge >= 0.3 is 0 Å². The maximum Gasteiger partial charge on any atom is 0.0689 e. The Hall–Kier alpha value is -0.550. The highest BCUT2D eigenvalue weighted by molar-refractivity contribution is 5.03. The van der Waals surface area contributed by atoms with E-state index in [4.69, 9.17) is 4.74 Å². The average Bonchev–Trinajstić information content (AvgIpc) is 2.56. The summed E-state index contributed by atoms with van der Waals surface area (Å²) in [5.41, 5.74) is -0.0173. The Kier molecular flexibility index (Phi) is 4.41. The highest BCUT2D eigenvalue weighted by atomic mass is 16.5. The molecule has 2 atom stereocenters. The van der Waals surface area contributed by atoms with Gasteiger partial charge in [-0.3, -0.25) is 0 Å². The van der Waals surface area contributed by atoms with Crippen LogP contribution in [0.3, 0.4) is 0 Å². The molecule has 2 unspecified atom stereocenters. The van der Waals surface area contributed by atoms with Crippen LogP contribution in [0.1, 0.15) is 46.0 Å². The molecular weight excluding hydrogens is 174 g/mol. The van der Waals surface area contributed by atoms with Gasteiger partial charge in [-0.15, -0.1) is 0 Å². The molecule has 0 aromatic rings. The average molecular weight is 195 g/mol. The maximum atomic E-state index is 9.20. The number of nitriles is 1. The molecule has 0 aliphatic heterocycles. The van der Waals surface area contributed by atoms with Crippen LogP contribution in [0.2, 0.25) is 0 Å². The lowest BCUT2D eigenvalue weighted by molar-refractivity contribution is 0.134. The van der Waals surface area contributed by atoms with Gasteiger partial charge in [0.15, 0.2) is 0 Å². The zero-order valence-corrected chi connectivity index (χ0v) is 9.38. The summed E-state index contributed by atoms with van der Waals surface area (Å²) in [7, 11) is 0. The second-order valence-corrected chi connectivity index (χ2v) is 4.54. The molecular formula is C12H21NO. The second kappa shape index (κ2) is 5.36. The van der Waals surface area contributed by atoms with Gasteiger partial charge in [-0.05, 0) is 44.9 Å². The van der Waals surface area contributed by atoms with E-state index in [0.29, 0.717) is 0 Å². The van der Waals surface area contributed by atoms with Gasteiger partial charge in [0, 0.05) is 13.2 Å². The molecule has 0 heterocycles. The molecule has 1 saturated carbocycles. The van der Waals surface area contributed by atoms with E-state index >= 15 is 0 Å². The molecule has 2 nitrogen and oxygen atoms in total. The normalized spacial score (nSPS) is 31.6. The maximum absolute atomic E-state index is 9.20. The summed E-state index contributed by atoms with van der Waals surface area (Å²) in [6, 6.07) is 2.53. The Labute approximate surface area is 87.3 Å². The predicted molar refractivity (Wildman–Crippen MR) is 56.8 cm³/mol. The quantitative estimate of drug-likeness (QED) is 0.631. The van der Waals surface area contributed by atoms with Crippen LogP contribution in [0.15, 0.2) is 0 Å². The molecule has 1 rings (SSSR count). The van der Waals surface area contributed by atoms with Crippen molar-refractivity contribution < 1.29 is 4.74 Å². The van der Waals surface area contributed by atoms with Crippen molar-refractivity contribution in [2.24, 2.45) is 11.3 Å². The minimum absolute atomic E-state index is 0.0173. The Morgan fingerprint density at radius 2 is 2.36 bits per heavy atom. The number of hydrogen-bond acceptors (Lipinski definition) is 2. The summed E-state index contributed by atoms with van der Waals surface area (Å²) >= 11 is 0. The van der Waals surface area contributed by atoms with Gasteiger partial charge in [0.2, 0.25) is 0 Å². The summed E-state index contributed by atoms with van der Waals surface area (Å²) in [5.74, 6) is 0.738. The SMILES string of the molecule is CCOCCCC1(C#N)CCC(C)C1. The summed E-state index contributed by atoms with van der Waals surface area (Å²) < 4.78 is 5.30. The largest absolute Gasteiger partial charge is 0.382 e. The van der Waals surface area contributed by atoms with Crippen LogP contribution in [-0.4, -0.2) is 13.2 Å². The van der Waals surface area contributed by atoms with E-state index in [-0.39, 0.29) is 5.41 Å². The van der Waals surface area contributed by atoms with Gasteiger partial charge in [0.1, 0.15) is 0 Å². The van der Waals surface area contributed by atoms with E-state index in [9.17, 15) is 5.26 Å². The molecule has 0 aromatic heterocycles. The fourth-order valence-corrected chi connectivity index (χ4v) is 2.44. The van der Waals surface area contributed by atoms with Crippen molar-refractivity contribution in [3.8, 4) is 6.07 Å². The van der Waals surface area contributed by atoms with Crippen LogP contribution in [0.4, 0.5) is 0 Å². The van der Waals surface area contributed by atoms with Gasteiger partial charge in [-0.25, -0.2) is 0 Å². The Morgan fingerprint density at radius 1 is 1.57 bits per heavy atom. The van der Waals surface area contributed by atoms with Crippen LogP contribution in [0, 0.1) is 22.7 Å². The molecule has 0 amide bonds. The number of nitrogens with zero attached hydrogens (tertiary/aromatic N) is 1.